The van der Waals surface area contributed by atoms with Crippen LogP contribution in [-0.2, 0) is 9.59 Å². The molecule has 5 heterocycles. The first-order valence-corrected chi connectivity index (χ1v) is 20.7. The van der Waals surface area contributed by atoms with Gasteiger partial charge in [-0.2, -0.15) is 5.26 Å². The Hall–Kier alpha value is -5.66. The maximum atomic E-state index is 15.6. The van der Waals surface area contributed by atoms with Gasteiger partial charge in [0, 0.05) is 63.8 Å². The monoisotopic (exact) mass is 823 g/mol. The number of nitriles is 1. The molecule has 306 valence electrons. The first kappa shape index (κ1) is 38.8. The predicted molar refractivity (Wildman–Crippen MR) is 211 cm³/mol. The van der Waals surface area contributed by atoms with Gasteiger partial charge in [0.05, 0.1) is 33.5 Å². The third-order valence-corrected chi connectivity index (χ3v) is 13.3. The molecule has 5 amide bonds. The molecule has 3 saturated heterocycles. The maximum absolute atomic E-state index is 15.6. The Morgan fingerprint density at radius 3 is 2.24 bits per heavy atom. The van der Waals surface area contributed by atoms with Crippen molar-refractivity contribution < 1.29 is 33.1 Å². The Morgan fingerprint density at radius 1 is 0.881 bits per heavy atom. The zero-order valence-corrected chi connectivity index (χ0v) is 33.0. The summed E-state index contributed by atoms with van der Waals surface area (Å²) < 4.78 is 21.6. The highest BCUT2D eigenvalue weighted by Crippen LogP contribution is 2.43. The highest BCUT2D eigenvalue weighted by atomic mass is 35.5. The standard InChI is InChI=1S/C42H43ClFN9O6/c43-32-17-29(4-1-23(32)20-45)59-28-5-2-26(3-6-28)46-39(55)34-7-9-37(49-48-34)51-13-11-50(12-14-51)27-15-24-21-52(22-25(24)16-27)36-19-31-30(18-33(36)44)41(57)53(42(31)58)35-8-10-38(54)47-40(35)56/h1,4,7,9,17-19,24-28,35H,2-3,5-6,8,10-16,21-22H2,(H,46,55)(H,47,54,56)/t24-,25+,26?,27+,28?,35?. The first-order chi connectivity index (χ1) is 28.5. The van der Waals surface area contributed by atoms with Crippen LogP contribution in [0.15, 0.2) is 42.5 Å². The van der Waals surface area contributed by atoms with Gasteiger partial charge in [0.2, 0.25) is 11.8 Å². The number of piperidine rings is 1. The molecule has 9 rings (SSSR count). The van der Waals surface area contributed by atoms with Gasteiger partial charge in [-0.05, 0) is 93.2 Å². The lowest BCUT2D eigenvalue weighted by molar-refractivity contribution is -0.136. The van der Waals surface area contributed by atoms with Gasteiger partial charge in [0.1, 0.15) is 23.7 Å². The van der Waals surface area contributed by atoms with E-state index in [1.165, 1.54) is 6.07 Å². The third kappa shape index (κ3) is 7.57. The van der Waals surface area contributed by atoms with Crippen LogP contribution in [0.1, 0.15) is 88.1 Å². The summed E-state index contributed by atoms with van der Waals surface area (Å²) in [5.74, 6) is -1.24. The molecular formula is C42H43ClFN9O6. The first-order valence-electron chi connectivity index (χ1n) is 20.3. The predicted octanol–water partition coefficient (Wildman–Crippen LogP) is 3.70. The summed E-state index contributed by atoms with van der Waals surface area (Å²) in [6, 6.07) is 12.6. The second-order valence-electron chi connectivity index (χ2n) is 16.5. The fourth-order valence-corrected chi connectivity index (χ4v) is 10.1. The minimum atomic E-state index is -1.10. The lowest BCUT2D eigenvalue weighted by atomic mass is 9.93. The van der Waals surface area contributed by atoms with E-state index in [9.17, 15) is 24.0 Å². The number of halogens is 2. The van der Waals surface area contributed by atoms with E-state index in [-0.39, 0.29) is 47.7 Å². The number of fused-ring (bicyclic) bond motifs is 2. The average molecular weight is 824 g/mol. The molecule has 17 heteroatoms. The Balaban J connectivity index is 0.727. The number of aromatic nitrogens is 2. The SMILES string of the molecule is N#Cc1ccc(OC2CCC(NC(=O)c3ccc(N4CCN([C@H]5C[C@@H]6CN(c7cc8c(cc7F)C(=O)N(C7CCC(=O)NC7=O)C8=O)C[C@@H]6C5)CC4)nn3)CC2)cc1Cl. The fourth-order valence-electron chi connectivity index (χ4n) is 9.85. The number of carbonyl (C=O) groups excluding carboxylic acids is 5. The van der Waals surface area contributed by atoms with Gasteiger partial charge in [-0.3, -0.25) is 39.1 Å². The van der Waals surface area contributed by atoms with Crippen LogP contribution in [0.5, 0.6) is 5.75 Å². The normalized spacial score (nSPS) is 27.0. The van der Waals surface area contributed by atoms with Crippen LogP contribution < -0.4 is 25.2 Å². The van der Waals surface area contributed by atoms with E-state index in [0.717, 1.165) is 81.5 Å². The van der Waals surface area contributed by atoms with Crippen molar-refractivity contribution in [2.45, 2.75) is 75.6 Å². The van der Waals surface area contributed by atoms with E-state index in [1.54, 1.807) is 24.3 Å². The summed E-state index contributed by atoms with van der Waals surface area (Å²) in [6.45, 7) is 4.58. The average Bonchev–Trinajstić information content (AvgIpc) is 3.89. The number of hydrogen-bond donors (Lipinski definition) is 2. The molecule has 4 atom stereocenters. The van der Waals surface area contributed by atoms with Crippen molar-refractivity contribution in [1.82, 2.24) is 30.6 Å². The quantitative estimate of drug-likeness (QED) is 0.315. The topological polar surface area (TPSA) is 181 Å². The molecule has 2 aliphatic carbocycles. The van der Waals surface area contributed by atoms with Crippen LogP contribution in [0.3, 0.4) is 0 Å². The number of piperazine rings is 1. The Morgan fingerprint density at radius 2 is 1.59 bits per heavy atom. The van der Waals surface area contributed by atoms with Crippen molar-refractivity contribution in [1.29, 1.82) is 5.26 Å². The van der Waals surface area contributed by atoms with Crippen molar-refractivity contribution in [2.24, 2.45) is 11.8 Å². The molecule has 0 bridgehead atoms. The molecular weight excluding hydrogens is 781 g/mol. The Kier molecular flexibility index (Phi) is 10.4. The largest absolute Gasteiger partial charge is 0.490 e. The minimum Gasteiger partial charge on any atom is -0.490 e. The molecule has 1 aromatic heterocycles. The summed E-state index contributed by atoms with van der Waals surface area (Å²) in [4.78, 5) is 71.2. The molecule has 15 nitrogen and oxygen atoms in total. The molecule has 5 fully saturated rings. The van der Waals surface area contributed by atoms with Gasteiger partial charge < -0.3 is 19.9 Å². The molecule has 2 N–H and O–H groups in total. The van der Waals surface area contributed by atoms with Gasteiger partial charge in [-0.25, -0.2) is 4.39 Å². The Bertz CT molecular complexity index is 2240. The van der Waals surface area contributed by atoms with Crippen molar-refractivity contribution >= 4 is 52.6 Å². The molecule has 6 aliphatic rings. The van der Waals surface area contributed by atoms with Gasteiger partial charge in [-0.15, -0.1) is 10.2 Å². The van der Waals surface area contributed by atoms with E-state index in [1.807, 2.05) is 17.0 Å². The number of ether oxygens (including phenoxy) is 1. The molecule has 3 aromatic rings. The number of benzene rings is 2. The van der Waals surface area contributed by atoms with E-state index in [2.05, 4.69) is 30.6 Å². The van der Waals surface area contributed by atoms with Gasteiger partial charge in [0.25, 0.3) is 17.7 Å². The number of hydrogen-bond acceptors (Lipinski definition) is 12. The molecule has 59 heavy (non-hydrogen) atoms. The van der Waals surface area contributed by atoms with Gasteiger partial charge >= 0.3 is 0 Å². The van der Waals surface area contributed by atoms with E-state index in [4.69, 9.17) is 21.6 Å². The number of rotatable bonds is 8. The summed E-state index contributed by atoms with van der Waals surface area (Å²) in [5, 5.41) is 23.4. The molecule has 0 spiro atoms. The number of nitrogens with zero attached hydrogens (tertiary/aromatic N) is 7. The van der Waals surface area contributed by atoms with Crippen molar-refractivity contribution in [3.05, 3.63) is 75.7 Å². The zero-order valence-electron chi connectivity index (χ0n) is 32.2. The van der Waals surface area contributed by atoms with Crippen LogP contribution in [0.2, 0.25) is 5.02 Å². The highest BCUT2D eigenvalue weighted by Gasteiger charge is 2.47. The number of nitrogens with one attached hydrogen (secondary N) is 2. The number of carbonyl (C=O) groups is 5. The maximum Gasteiger partial charge on any atom is 0.272 e. The lowest BCUT2D eigenvalue weighted by Crippen LogP contribution is -2.54. The van der Waals surface area contributed by atoms with Crippen LogP contribution in [0.25, 0.3) is 0 Å². The zero-order chi connectivity index (χ0) is 40.9. The van der Waals surface area contributed by atoms with E-state index >= 15 is 4.39 Å². The molecule has 0 radical (unpaired) electrons. The van der Waals surface area contributed by atoms with Crippen molar-refractivity contribution in [3.63, 3.8) is 0 Å². The van der Waals surface area contributed by atoms with Crippen LogP contribution in [-0.4, -0.2) is 113 Å². The summed E-state index contributed by atoms with van der Waals surface area (Å²) in [6.07, 6.45) is 5.12. The van der Waals surface area contributed by atoms with Gasteiger partial charge in [-0.1, -0.05) is 11.6 Å². The van der Waals surface area contributed by atoms with Crippen LogP contribution in [0.4, 0.5) is 15.9 Å². The lowest BCUT2D eigenvalue weighted by Gasteiger charge is -2.39. The number of imide groups is 2. The van der Waals surface area contributed by atoms with Crippen molar-refractivity contribution in [3.8, 4) is 11.8 Å². The second-order valence-corrected chi connectivity index (χ2v) is 16.9. The highest BCUT2D eigenvalue weighted by molar-refractivity contribution is 6.31. The molecule has 4 aliphatic heterocycles. The van der Waals surface area contributed by atoms with Crippen LogP contribution >= 0.6 is 11.6 Å². The number of anilines is 2. The summed E-state index contributed by atoms with van der Waals surface area (Å²) in [7, 11) is 0. The molecule has 2 saturated carbocycles. The molecule has 2 aromatic carbocycles. The van der Waals surface area contributed by atoms with Crippen molar-refractivity contribution in [2.75, 3.05) is 49.1 Å². The van der Waals surface area contributed by atoms with E-state index < -0.39 is 35.5 Å². The number of amides is 5. The summed E-state index contributed by atoms with van der Waals surface area (Å²) in [5.41, 5.74) is 1.00. The smallest absolute Gasteiger partial charge is 0.272 e. The second kappa shape index (κ2) is 15.8. The third-order valence-electron chi connectivity index (χ3n) is 13.0. The minimum absolute atomic E-state index is 0.00508. The van der Waals surface area contributed by atoms with Gasteiger partial charge in [0.15, 0.2) is 11.5 Å². The molecule has 1 unspecified atom stereocenters. The van der Waals surface area contributed by atoms with Crippen LogP contribution in [0, 0.1) is 29.0 Å². The van der Waals surface area contributed by atoms with E-state index in [0.29, 0.717) is 53.0 Å². The Labute approximate surface area is 344 Å². The fraction of sp³-hybridized carbons (Fsp3) is 0.476. The summed E-state index contributed by atoms with van der Waals surface area (Å²) >= 11 is 6.14.